The van der Waals surface area contributed by atoms with E-state index in [1.54, 1.807) is 0 Å². The Kier molecular flexibility index (Phi) is 6.05. The molecule has 0 rings (SSSR count). The van der Waals surface area contributed by atoms with Crippen molar-refractivity contribution in [2.24, 2.45) is 0 Å². The molecule has 0 spiro atoms. The predicted octanol–water partition coefficient (Wildman–Crippen LogP) is 4.84. The molecule has 0 heterocycles. The Balaban J connectivity index is 6.71. The van der Waals surface area contributed by atoms with Crippen LogP contribution in [-0.4, -0.2) is 48.4 Å². The topological polar surface area (TPSA) is 26.3 Å². The van der Waals surface area contributed by atoms with Crippen molar-refractivity contribution < 1.29 is 66.6 Å². The predicted molar refractivity (Wildman–Crippen MR) is 56.6 cm³/mol. The van der Waals surface area contributed by atoms with Gasteiger partial charge in [-0.15, -0.1) is 0 Å². The van der Waals surface area contributed by atoms with E-state index in [9.17, 15) is 61.9 Å². The van der Waals surface area contributed by atoms with E-state index >= 15 is 0 Å². The summed E-state index contributed by atoms with van der Waals surface area (Å²) in [4.78, 5) is 11.0. The molecule has 26 heavy (non-hydrogen) atoms. The molecule has 154 valence electrons. The molecular formula is C11H7F13O2. The molecule has 15 heteroatoms. The summed E-state index contributed by atoms with van der Waals surface area (Å²) in [5.41, 5.74) is -10.2. The quantitative estimate of drug-likeness (QED) is 0.351. The fourth-order valence-electron chi connectivity index (χ4n) is 1.49. The molecule has 0 amide bonds. The third-order valence-electron chi connectivity index (χ3n) is 2.91. The first kappa shape index (κ1) is 24.3. The minimum atomic E-state index is -7.97. The number of rotatable bonds is 6. The fourth-order valence-corrected chi connectivity index (χ4v) is 1.49. The minimum Gasteiger partial charge on any atom is -0.463 e. The molecule has 1 atom stereocenters. The zero-order valence-electron chi connectivity index (χ0n) is 12.1. The van der Waals surface area contributed by atoms with Gasteiger partial charge < -0.3 is 4.74 Å². The van der Waals surface area contributed by atoms with Crippen molar-refractivity contribution in [2.45, 2.75) is 42.7 Å². The third-order valence-corrected chi connectivity index (χ3v) is 2.91. The van der Waals surface area contributed by atoms with Crippen molar-refractivity contribution in [1.29, 1.82) is 0 Å². The fraction of sp³-hybridized carbons (Fsp3) is 0.727. The smallest absolute Gasteiger partial charge is 0.460 e. The molecule has 1 unspecified atom stereocenters. The highest BCUT2D eigenvalue weighted by Gasteiger charge is 2.91. The summed E-state index contributed by atoms with van der Waals surface area (Å²) < 4.78 is 170. The van der Waals surface area contributed by atoms with Crippen molar-refractivity contribution in [3.05, 3.63) is 12.2 Å². The van der Waals surface area contributed by atoms with Crippen LogP contribution in [0.1, 0.15) is 6.92 Å². The van der Waals surface area contributed by atoms with Crippen LogP contribution in [0.25, 0.3) is 0 Å². The molecule has 0 aromatic carbocycles. The zero-order chi connectivity index (χ0) is 21.6. The Bertz CT molecular complexity index is 559. The van der Waals surface area contributed by atoms with Crippen LogP contribution >= 0.6 is 0 Å². The Morgan fingerprint density at radius 1 is 0.731 bits per heavy atom. The van der Waals surface area contributed by atoms with Gasteiger partial charge in [-0.3, -0.25) is 0 Å². The molecule has 0 aliphatic rings. The van der Waals surface area contributed by atoms with Gasteiger partial charge >= 0.3 is 41.8 Å². The molecule has 0 radical (unpaired) electrons. The normalized spacial score (nSPS) is 16.8. The van der Waals surface area contributed by atoms with Crippen molar-refractivity contribution in [2.75, 3.05) is 6.61 Å². The van der Waals surface area contributed by atoms with Crippen LogP contribution in [0, 0.1) is 0 Å². The van der Waals surface area contributed by atoms with Crippen molar-refractivity contribution >= 4 is 5.97 Å². The number of carbonyl (C=O) groups is 1. The van der Waals surface area contributed by atoms with Gasteiger partial charge in [0.2, 0.25) is 0 Å². The van der Waals surface area contributed by atoms with Gasteiger partial charge in [0.15, 0.2) is 0 Å². The monoisotopic (exact) mass is 418 g/mol. The van der Waals surface area contributed by atoms with Crippen molar-refractivity contribution in [1.82, 2.24) is 0 Å². The van der Waals surface area contributed by atoms with Crippen molar-refractivity contribution in [3.8, 4) is 0 Å². The zero-order valence-corrected chi connectivity index (χ0v) is 12.1. The molecule has 0 aliphatic carbocycles. The van der Waals surface area contributed by atoms with Gasteiger partial charge in [0.1, 0.15) is 0 Å². The number of halogens is 13. The Hall–Kier alpha value is -1.70. The summed E-state index contributed by atoms with van der Waals surface area (Å²) in [6.07, 6.45) is -14.7. The Morgan fingerprint density at radius 2 is 1.12 bits per heavy atom. The number of carbonyl (C=O) groups excluding carboxylic acids is 1. The molecule has 0 aliphatic heterocycles. The lowest BCUT2D eigenvalue weighted by Crippen LogP contribution is -2.71. The maximum absolute atomic E-state index is 14.0. The summed E-state index contributed by atoms with van der Waals surface area (Å²) >= 11 is 0. The van der Waals surface area contributed by atoms with Crippen molar-refractivity contribution in [3.63, 3.8) is 0 Å². The highest BCUT2D eigenvalue weighted by atomic mass is 19.4. The number of ether oxygens (including phenoxy) is 1. The first-order valence-electron chi connectivity index (χ1n) is 5.96. The van der Waals surface area contributed by atoms with Gasteiger partial charge in [-0.1, -0.05) is 6.58 Å². The SMILES string of the molecule is C=C(C(=O)OCC)C(F)(C(F)(F)F)C(F)(F)C(F)(F)C(F)(F)C(F)(F)F. The lowest BCUT2D eigenvalue weighted by molar-refractivity contribution is -0.426. The molecule has 0 aromatic rings. The van der Waals surface area contributed by atoms with E-state index in [1.807, 2.05) is 6.58 Å². The molecule has 0 saturated carbocycles. The number of esters is 1. The first-order valence-corrected chi connectivity index (χ1v) is 5.96. The highest BCUT2D eigenvalue weighted by Crippen LogP contribution is 2.61. The van der Waals surface area contributed by atoms with E-state index < -0.39 is 53.9 Å². The summed E-state index contributed by atoms with van der Waals surface area (Å²) in [7, 11) is 0. The second-order valence-electron chi connectivity index (χ2n) is 4.58. The van der Waals surface area contributed by atoms with Crippen LogP contribution in [0.15, 0.2) is 12.2 Å². The summed E-state index contributed by atoms with van der Waals surface area (Å²) in [6, 6.07) is 0. The number of hydrogen-bond donors (Lipinski definition) is 0. The van der Waals surface area contributed by atoms with E-state index in [0.29, 0.717) is 0 Å². The van der Waals surface area contributed by atoms with Gasteiger partial charge in [0.05, 0.1) is 12.2 Å². The summed E-state index contributed by atoms with van der Waals surface area (Å²) in [5, 5.41) is 0. The Labute approximate surface area is 135 Å². The van der Waals surface area contributed by atoms with Crippen LogP contribution < -0.4 is 0 Å². The molecule has 0 saturated heterocycles. The van der Waals surface area contributed by atoms with Crippen LogP contribution in [0.4, 0.5) is 57.1 Å². The lowest BCUT2D eigenvalue weighted by atomic mass is 9.83. The molecule has 0 N–H and O–H groups in total. The van der Waals surface area contributed by atoms with Crippen LogP contribution in [0.2, 0.25) is 0 Å². The molecule has 0 fully saturated rings. The van der Waals surface area contributed by atoms with E-state index in [-0.39, 0.29) is 0 Å². The molecule has 2 nitrogen and oxygen atoms in total. The minimum absolute atomic E-state index is 0.837. The largest absolute Gasteiger partial charge is 0.463 e. The van der Waals surface area contributed by atoms with Crippen LogP contribution in [0.3, 0.4) is 0 Å². The molecular weight excluding hydrogens is 411 g/mol. The standard InChI is InChI=1S/C11H7F13O2/c1-3-26-5(25)4(2)6(12,10(19,20)21)7(13,14)8(15,16)9(17,18)11(22,23)24/h2-3H2,1H3. The summed E-state index contributed by atoms with van der Waals surface area (Å²) in [6.45, 7) is 1.74. The average Bonchev–Trinajstić information content (AvgIpc) is 2.42. The molecule has 0 bridgehead atoms. The van der Waals surface area contributed by atoms with Gasteiger partial charge in [-0.2, -0.15) is 52.7 Å². The first-order chi connectivity index (χ1) is 11.1. The number of alkyl halides is 13. The second-order valence-corrected chi connectivity index (χ2v) is 4.58. The lowest BCUT2D eigenvalue weighted by Gasteiger charge is -2.41. The Morgan fingerprint density at radius 3 is 1.38 bits per heavy atom. The third kappa shape index (κ3) is 3.19. The van der Waals surface area contributed by atoms with E-state index in [4.69, 9.17) is 0 Å². The highest BCUT2D eigenvalue weighted by molar-refractivity contribution is 5.90. The maximum atomic E-state index is 14.0. The molecule has 0 aromatic heterocycles. The van der Waals surface area contributed by atoms with Gasteiger partial charge in [0, 0.05) is 0 Å². The van der Waals surface area contributed by atoms with E-state index in [2.05, 4.69) is 4.74 Å². The van der Waals surface area contributed by atoms with E-state index in [0.717, 1.165) is 6.92 Å². The van der Waals surface area contributed by atoms with Crippen LogP contribution in [-0.2, 0) is 9.53 Å². The van der Waals surface area contributed by atoms with Crippen LogP contribution in [0.5, 0.6) is 0 Å². The van der Waals surface area contributed by atoms with Gasteiger partial charge in [-0.25, -0.2) is 9.18 Å². The maximum Gasteiger partial charge on any atom is 0.460 e. The van der Waals surface area contributed by atoms with Gasteiger partial charge in [0.25, 0.3) is 0 Å². The van der Waals surface area contributed by atoms with Gasteiger partial charge in [-0.05, 0) is 6.92 Å². The van der Waals surface area contributed by atoms with E-state index in [1.165, 1.54) is 0 Å². The number of hydrogen-bond acceptors (Lipinski definition) is 2. The second kappa shape index (κ2) is 6.48. The average molecular weight is 418 g/mol. The summed E-state index contributed by atoms with van der Waals surface area (Å²) in [5.74, 6) is -26.3.